The molecule has 0 heteroatoms. The highest BCUT2D eigenvalue weighted by atomic mass is 14.3. The predicted molar refractivity (Wildman–Crippen MR) is 48.3 cm³/mol. The molecule has 0 aromatic rings. The Labute approximate surface area is 68.3 Å². The molecule has 58 valence electrons. The standard InChI is InChI=1S/C11H14/c1-11(8-4-5-9-11)10-6-2-3-7-10/h2,4-6,8-10H,3,7H2,1H3/t10-/m1/s1. The van der Waals surface area contributed by atoms with E-state index in [2.05, 4.69) is 43.4 Å². The first-order valence-corrected chi connectivity index (χ1v) is 4.35. The van der Waals surface area contributed by atoms with Crippen LogP contribution in [0.5, 0.6) is 0 Å². The normalized spacial score (nSPS) is 31.9. The third kappa shape index (κ3) is 1.07. The Morgan fingerprint density at radius 3 is 2.55 bits per heavy atom. The summed E-state index contributed by atoms with van der Waals surface area (Å²) in [5.41, 5.74) is 0.326. The van der Waals surface area contributed by atoms with Crippen molar-refractivity contribution in [2.75, 3.05) is 0 Å². The molecule has 0 bridgehead atoms. The summed E-state index contributed by atoms with van der Waals surface area (Å²) in [6, 6.07) is 0. The van der Waals surface area contributed by atoms with Crippen LogP contribution in [0.25, 0.3) is 0 Å². The van der Waals surface area contributed by atoms with Gasteiger partial charge >= 0.3 is 0 Å². The molecule has 0 saturated carbocycles. The van der Waals surface area contributed by atoms with E-state index in [9.17, 15) is 0 Å². The van der Waals surface area contributed by atoms with Crippen molar-refractivity contribution in [3.05, 3.63) is 36.5 Å². The van der Waals surface area contributed by atoms with Crippen molar-refractivity contribution in [3.63, 3.8) is 0 Å². The second kappa shape index (κ2) is 2.37. The Morgan fingerprint density at radius 2 is 2.00 bits per heavy atom. The van der Waals surface area contributed by atoms with Gasteiger partial charge in [-0.2, -0.15) is 0 Å². The van der Waals surface area contributed by atoms with Crippen molar-refractivity contribution in [2.45, 2.75) is 19.8 Å². The van der Waals surface area contributed by atoms with E-state index in [1.165, 1.54) is 12.8 Å². The van der Waals surface area contributed by atoms with Crippen LogP contribution in [0, 0.1) is 11.3 Å². The first-order chi connectivity index (χ1) is 5.31. The molecule has 0 amide bonds. The van der Waals surface area contributed by atoms with Gasteiger partial charge in [-0.1, -0.05) is 43.4 Å². The summed E-state index contributed by atoms with van der Waals surface area (Å²) in [6.07, 6.45) is 16.2. The van der Waals surface area contributed by atoms with Crippen LogP contribution in [0.15, 0.2) is 36.5 Å². The van der Waals surface area contributed by atoms with E-state index < -0.39 is 0 Å². The maximum absolute atomic E-state index is 2.36. The molecule has 2 rings (SSSR count). The SMILES string of the molecule is CC1([C@@H]2C=CCC2)C=CC=C1. The van der Waals surface area contributed by atoms with Crippen LogP contribution >= 0.6 is 0 Å². The fraction of sp³-hybridized carbons (Fsp3) is 0.455. The van der Waals surface area contributed by atoms with Crippen molar-refractivity contribution in [1.82, 2.24) is 0 Å². The van der Waals surface area contributed by atoms with E-state index in [0.29, 0.717) is 5.41 Å². The van der Waals surface area contributed by atoms with E-state index in [-0.39, 0.29) is 0 Å². The van der Waals surface area contributed by atoms with Gasteiger partial charge in [0.25, 0.3) is 0 Å². The Balaban J connectivity index is 2.20. The number of hydrogen-bond acceptors (Lipinski definition) is 0. The summed E-state index contributed by atoms with van der Waals surface area (Å²) in [6.45, 7) is 2.31. The minimum Gasteiger partial charge on any atom is -0.0882 e. The molecule has 11 heavy (non-hydrogen) atoms. The lowest BCUT2D eigenvalue weighted by Crippen LogP contribution is -2.17. The van der Waals surface area contributed by atoms with Gasteiger partial charge in [-0.15, -0.1) is 0 Å². The lowest BCUT2D eigenvalue weighted by atomic mass is 9.78. The van der Waals surface area contributed by atoms with E-state index in [1.54, 1.807) is 0 Å². The van der Waals surface area contributed by atoms with Gasteiger partial charge in [-0.3, -0.25) is 0 Å². The van der Waals surface area contributed by atoms with Gasteiger partial charge in [0, 0.05) is 5.41 Å². The molecule has 1 atom stereocenters. The Morgan fingerprint density at radius 1 is 1.27 bits per heavy atom. The maximum atomic E-state index is 2.36. The minimum absolute atomic E-state index is 0.326. The molecule has 0 heterocycles. The monoisotopic (exact) mass is 146 g/mol. The quantitative estimate of drug-likeness (QED) is 0.499. The summed E-state index contributed by atoms with van der Waals surface area (Å²) >= 11 is 0. The maximum Gasteiger partial charge on any atom is 0.0102 e. The molecule has 0 saturated heterocycles. The van der Waals surface area contributed by atoms with Crippen LogP contribution in [-0.4, -0.2) is 0 Å². The molecule has 0 N–H and O–H groups in total. The first-order valence-electron chi connectivity index (χ1n) is 4.35. The van der Waals surface area contributed by atoms with Gasteiger partial charge in [-0.25, -0.2) is 0 Å². The zero-order valence-electron chi connectivity index (χ0n) is 6.96. The molecule has 0 aromatic carbocycles. The molecule has 0 nitrogen and oxygen atoms in total. The largest absolute Gasteiger partial charge is 0.0882 e. The van der Waals surface area contributed by atoms with Crippen molar-refractivity contribution in [2.24, 2.45) is 11.3 Å². The second-order valence-electron chi connectivity index (χ2n) is 3.70. The van der Waals surface area contributed by atoms with Crippen LogP contribution < -0.4 is 0 Å². The van der Waals surface area contributed by atoms with Crippen molar-refractivity contribution >= 4 is 0 Å². The van der Waals surface area contributed by atoms with Crippen LogP contribution in [-0.2, 0) is 0 Å². The van der Waals surface area contributed by atoms with Gasteiger partial charge in [0.05, 0.1) is 0 Å². The molecule has 0 spiro atoms. The van der Waals surface area contributed by atoms with Gasteiger partial charge in [0.1, 0.15) is 0 Å². The molecular weight excluding hydrogens is 132 g/mol. The lowest BCUT2D eigenvalue weighted by Gasteiger charge is -2.25. The highest BCUT2D eigenvalue weighted by Crippen LogP contribution is 2.40. The van der Waals surface area contributed by atoms with Gasteiger partial charge < -0.3 is 0 Å². The van der Waals surface area contributed by atoms with Crippen LogP contribution in [0.2, 0.25) is 0 Å². The van der Waals surface area contributed by atoms with Gasteiger partial charge in [-0.05, 0) is 18.8 Å². The third-order valence-corrected chi connectivity index (χ3v) is 2.83. The molecule has 0 radical (unpaired) electrons. The van der Waals surface area contributed by atoms with Crippen molar-refractivity contribution in [3.8, 4) is 0 Å². The lowest BCUT2D eigenvalue weighted by molar-refractivity contribution is 0.393. The Bertz CT molecular complexity index is 218. The fourth-order valence-electron chi connectivity index (χ4n) is 1.98. The predicted octanol–water partition coefficient (Wildman–Crippen LogP) is 3.08. The summed E-state index contributed by atoms with van der Waals surface area (Å²) in [4.78, 5) is 0. The van der Waals surface area contributed by atoms with Crippen LogP contribution in [0.4, 0.5) is 0 Å². The molecule has 0 fully saturated rings. The molecule has 0 aromatic heterocycles. The van der Waals surface area contributed by atoms with Crippen LogP contribution in [0.3, 0.4) is 0 Å². The molecule has 0 unspecified atom stereocenters. The average Bonchev–Trinajstić information content (AvgIpc) is 2.55. The molecule has 2 aliphatic carbocycles. The Kier molecular flexibility index (Phi) is 1.49. The van der Waals surface area contributed by atoms with Crippen molar-refractivity contribution in [1.29, 1.82) is 0 Å². The third-order valence-electron chi connectivity index (χ3n) is 2.83. The summed E-state index contributed by atoms with van der Waals surface area (Å²) in [7, 11) is 0. The average molecular weight is 146 g/mol. The molecular formula is C11H14. The minimum atomic E-state index is 0.326. The topological polar surface area (TPSA) is 0 Å². The molecule has 0 aliphatic heterocycles. The number of hydrogen-bond donors (Lipinski definition) is 0. The van der Waals surface area contributed by atoms with Crippen LogP contribution in [0.1, 0.15) is 19.8 Å². The number of rotatable bonds is 1. The van der Waals surface area contributed by atoms with Gasteiger partial charge in [0.2, 0.25) is 0 Å². The first kappa shape index (κ1) is 6.90. The van der Waals surface area contributed by atoms with E-state index in [1.807, 2.05) is 0 Å². The fourth-order valence-corrected chi connectivity index (χ4v) is 1.98. The molecule has 2 aliphatic rings. The van der Waals surface area contributed by atoms with Crippen molar-refractivity contribution < 1.29 is 0 Å². The van der Waals surface area contributed by atoms with E-state index >= 15 is 0 Å². The highest BCUT2D eigenvalue weighted by Gasteiger charge is 2.29. The zero-order chi connectivity index (χ0) is 7.73. The summed E-state index contributed by atoms with van der Waals surface area (Å²) in [5, 5.41) is 0. The number of allylic oxidation sites excluding steroid dienone is 6. The summed E-state index contributed by atoms with van der Waals surface area (Å²) in [5.74, 6) is 0.748. The van der Waals surface area contributed by atoms with E-state index in [4.69, 9.17) is 0 Å². The highest BCUT2D eigenvalue weighted by molar-refractivity contribution is 5.27. The Hall–Kier alpha value is -0.780. The van der Waals surface area contributed by atoms with E-state index in [0.717, 1.165) is 5.92 Å². The van der Waals surface area contributed by atoms with Gasteiger partial charge in [0.15, 0.2) is 0 Å². The zero-order valence-corrected chi connectivity index (χ0v) is 6.96. The summed E-state index contributed by atoms with van der Waals surface area (Å²) < 4.78 is 0. The second-order valence-corrected chi connectivity index (χ2v) is 3.70. The smallest absolute Gasteiger partial charge is 0.0102 e.